The van der Waals surface area contributed by atoms with E-state index in [1.165, 1.54) is 27.9 Å². The van der Waals surface area contributed by atoms with Crippen LogP contribution in [0.25, 0.3) is 0 Å². The molecule has 2 heterocycles. The molecule has 2 saturated carbocycles. The van der Waals surface area contributed by atoms with Crippen molar-refractivity contribution in [2.45, 2.75) is 95.7 Å². The molecule has 2 aliphatic carbocycles. The predicted octanol–water partition coefficient (Wildman–Crippen LogP) is 7.25. The summed E-state index contributed by atoms with van der Waals surface area (Å²) in [5, 5.41) is 9.51. The molecule has 2 N–H and O–H groups in total. The number of aryl methyl sites for hydroxylation is 2. The average molecular weight is 696 g/mol. The van der Waals surface area contributed by atoms with Gasteiger partial charge < -0.3 is 4.90 Å². The number of para-hydroxylation sites is 1. The second-order valence-electron chi connectivity index (χ2n) is 15.0. The van der Waals surface area contributed by atoms with Crippen LogP contribution in [0.2, 0.25) is 0 Å². The van der Waals surface area contributed by atoms with Gasteiger partial charge in [0.1, 0.15) is 11.9 Å². The first kappa shape index (κ1) is 35.5. The molecule has 0 radical (unpaired) electrons. The number of nitriles is 1. The van der Waals surface area contributed by atoms with Gasteiger partial charge in [-0.05, 0) is 111 Å². The molecule has 3 aromatic carbocycles. The fraction of sp³-hybridized carbons (Fsp3) is 0.419. The monoisotopic (exact) mass is 695 g/mol. The van der Waals surface area contributed by atoms with E-state index in [4.69, 9.17) is 0 Å². The van der Waals surface area contributed by atoms with Gasteiger partial charge in [-0.1, -0.05) is 74.5 Å². The molecule has 7 rings (SSSR count). The second-order valence-corrected chi connectivity index (χ2v) is 15.0. The number of carbonyl (C=O) groups is 2. The minimum atomic E-state index is -0.606. The van der Waals surface area contributed by atoms with E-state index < -0.39 is 11.7 Å². The molecule has 0 bridgehead atoms. The molecule has 9 heteroatoms. The lowest BCUT2D eigenvalue weighted by Crippen LogP contribution is -2.54. The Morgan fingerprint density at radius 2 is 1.62 bits per heavy atom. The standard InChI is InChI=1S/C43H49N7O2/c1-5-30-14-12-18-37(34(30)6-2)50(39-19-24-45-38(28-44)46-39)41(52)40(51)32-25-31(26-32)35-27-42(48-47-35)20-22-43(23-21-42,33-15-8-7-9-16-33)49(4)36-17-11-10-13-29(36)3/h7-19,24,31-32,35,47-48H,5-6,20-23,25-27H2,1-4H3/t31-,32+,35?,42?,43?. The van der Waals surface area contributed by atoms with E-state index >= 15 is 0 Å². The third-order valence-corrected chi connectivity index (χ3v) is 12.3. The molecule has 1 atom stereocenters. The zero-order valence-corrected chi connectivity index (χ0v) is 30.7. The number of amides is 1. The summed E-state index contributed by atoms with van der Waals surface area (Å²) in [6, 6.07) is 29.2. The number of hydrogen-bond donors (Lipinski definition) is 2. The fourth-order valence-electron chi connectivity index (χ4n) is 9.18. The number of rotatable bonds is 10. The van der Waals surface area contributed by atoms with Gasteiger partial charge in [-0.3, -0.25) is 25.3 Å². The summed E-state index contributed by atoms with van der Waals surface area (Å²) in [5.41, 5.74) is 13.9. The van der Waals surface area contributed by atoms with E-state index in [2.05, 4.69) is 107 Å². The third kappa shape index (κ3) is 6.39. The number of ketones is 1. The van der Waals surface area contributed by atoms with Gasteiger partial charge in [0.05, 0.1) is 11.2 Å². The van der Waals surface area contributed by atoms with Crippen molar-refractivity contribution in [2.75, 3.05) is 16.8 Å². The van der Waals surface area contributed by atoms with Gasteiger partial charge in [0.15, 0.2) is 0 Å². The van der Waals surface area contributed by atoms with E-state index in [-0.39, 0.29) is 34.7 Å². The van der Waals surface area contributed by atoms with Crippen molar-refractivity contribution in [1.29, 1.82) is 5.26 Å². The Labute approximate surface area is 307 Å². The fourth-order valence-corrected chi connectivity index (χ4v) is 9.18. The largest absolute Gasteiger partial charge is 0.365 e. The maximum Gasteiger partial charge on any atom is 0.300 e. The van der Waals surface area contributed by atoms with Crippen LogP contribution in [0.4, 0.5) is 17.2 Å². The van der Waals surface area contributed by atoms with Crippen LogP contribution < -0.4 is 20.7 Å². The van der Waals surface area contributed by atoms with Crippen molar-refractivity contribution >= 4 is 28.9 Å². The van der Waals surface area contributed by atoms with Crippen LogP contribution in [0.3, 0.4) is 0 Å². The minimum Gasteiger partial charge on any atom is -0.365 e. The number of anilines is 3. The van der Waals surface area contributed by atoms with E-state index in [9.17, 15) is 14.9 Å². The lowest BCUT2D eigenvalue weighted by Gasteiger charge is -2.51. The number of aromatic nitrogens is 2. The van der Waals surface area contributed by atoms with Gasteiger partial charge in [-0.25, -0.2) is 9.97 Å². The van der Waals surface area contributed by atoms with Gasteiger partial charge in [0, 0.05) is 36.4 Å². The van der Waals surface area contributed by atoms with Crippen molar-refractivity contribution in [3.8, 4) is 6.07 Å². The van der Waals surface area contributed by atoms with Crippen molar-refractivity contribution in [3.63, 3.8) is 0 Å². The molecule has 1 aromatic heterocycles. The Kier molecular flexibility index (Phi) is 9.97. The summed E-state index contributed by atoms with van der Waals surface area (Å²) in [6.45, 7) is 6.32. The first-order chi connectivity index (χ1) is 25.2. The summed E-state index contributed by atoms with van der Waals surface area (Å²) in [7, 11) is 2.25. The zero-order chi connectivity index (χ0) is 36.5. The first-order valence-corrected chi connectivity index (χ1v) is 18.8. The molecule has 1 unspecified atom stereocenters. The molecule has 52 heavy (non-hydrogen) atoms. The number of carbonyl (C=O) groups excluding carboxylic acids is 2. The molecule has 4 aromatic rings. The Bertz CT molecular complexity index is 1970. The predicted molar refractivity (Wildman–Crippen MR) is 204 cm³/mol. The number of benzene rings is 3. The Hall–Kier alpha value is -4.91. The summed E-state index contributed by atoms with van der Waals surface area (Å²) in [4.78, 5) is 40.4. The van der Waals surface area contributed by atoms with E-state index in [0.717, 1.165) is 49.7 Å². The van der Waals surface area contributed by atoms with Crippen LogP contribution in [-0.2, 0) is 28.0 Å². The van der Waals surface area contributed by atoms with E-state index in [1.54, 1.807) is 6.07 Å². The summed E-state index contributed by atoms with van der Waals surface area (Å²) in [5.74, 6) is -0.862. The van der Waals surface area contributed by atoms with Crippen LogP contribution in [0.1, 0.15) is 86.9 Å². The van der Waals surface area contributed by atoms with E-state index in [1.807, 2.05) is 25.1 Å². The van der Waals surface area contributed by atoms with Crippen molar-refractivity contribution in [2.24, 2.45) is 11.8 Å². The maximum atomic E-state index is 14.2. The zero-order valence-electron chi connectivity index (χ0n) is 30.7. The normalized spacial score (nSPS) is 25.2. The van der Waals surface area contributed by atoms with Gasteiger partial charge in [-0.15, -0.1) is 0 Å². The highest BCUT2D eigenvalue weighted by Crippen LogP contribution is 2.51. The molecule has 1 aliphatic heterocycles. The lowest BCUT2D eigenvalue weighted by atomic mass is 9.64. The van der Waals surface area contributed by atoms with Crippen molar-refractivity contribution in [1.82, 2.24) is 20.8 Å². The van der Waals surface area contributed by atoms with Crippen LogP contribution >= 0.6 is 0 Å². The number of nitrogens with zero attached hydrogens (tertiary/aromatic N) is 5. The molecule has 9 nitrogen and oxygen atoms in total. The average Bonchev–Trinajstić information content (AvgIpc) is 3.57. The first-order valence-electron chi connectivity index (χ1n) is 18.8. The SMILES string of the molecule is CCc1cccc(N(C(=O)C(=O)[C@H]2C[C@@H](C3CC4(CCC(c5ccccc5)(N(C)c5ccccc5C)CC4)NN3)C2)c2ccnc(C#N)n2)c1CC. The lowest BCUT2D eigenvalue weighted by molar-refractivity contribution is -0.141. The number of nitrogens with one attached hydrogen (secondary N) is 2. The quantitative estimate of drug-likeness (QED) is 0.167. The minimum absolute atomic E-state index is 0.0104. The van der Waals surface area contributed by atoms with Gasteiger partial charge in [0.25, 0.3) is 5.91 Å². The molecule has 1 saturated heterocycles. The van der Waals surface area contributed by atoms with Crippen molar-refractivity contribution < 1.29 is 9.59 Å². The highest BCUT2D eigenvalue weighted by molar-refractivity contribution is 6.43. The van der Waals surface area contributed by atoms with Crippen LogP contribution in [-0.4, -0.2) is 40.3 Å². The molecule has 1 amide bonds. The van der Waals surface area contributed by atoms with Crippen LogP contribution in [0.5, 0.6) is 0 Å². The molecule has 1 spiro atoms. The summed E-state index contributed by atoms with van der Waals surface area (Å²) < 4.78 is 0. The molecular weight excluding hydrogens is 647 g/mol. The van der Waals surface area contributed by atoms with Crippen LogP contribution in [0.15, 0.2) is 85.1 Å². The molecule has 268 valence electrons. The summed E-state index contributed by atoms with van der Waals surface area (Å²) in [6.07, 6.45) is 9.39. The highest BCUT2D eigenvalue weighted by Gasteiger charge is 2.52. The maximum absolute atomic E-state index is 14.2. The Morgan fingerprint density at radius 1 is 0.904 bits per heavy atom. The number of hydrazine groups is 1. The smallest absolute Gasteiger partial charge is 0.300 e. The molecule has 3 fully saturated rings. The molecule has 3 aliphatic rings. The number of hydrogen-bond acceptors (Lipinski definition) is 8. The number of Topliss-reactive ketones (excluding diaryl/α,β-unsaturated/α-hetero) is 1. The van der Waals surface area contributed by atoms with Gasteiger partial charge in [0.2, 0.25) is 11.6 Å². The van der Waals surface area contributed by atoms with Gasteiger partial charge in [-0.2, -0.15) is 5.26 Å². The van der Waals surface area contributed by atoms with Gasteiger partial charge >= 0.3 is 0 Å². The van der Waals surface area contributed by atoms with E-state index in [0.29, 0.717) is 30.9 Å². The topological polar surface area (TPSA) is 114 Å². The Balaban J connectivity index is 1.04. The van der Waals surface area contributed by atoms with Crippen LogP contribution in [0, 0.1) is 30.1 Å². The third-order valence-electron chi connectivity index (χ3n) is 12.3. The highest BCUT2D eigenvalue weighted by atomic mass is 16.2. The second kappa shape index (κ2) is 14.6. The summed E-state index contributed by atoms with van der Waals surface area (Å²) >= 11 is 0. The van der Waals surface area contributed by atoms with Crippen molar-refractivity contribution in [3.05, 3.63) is 113 Å². The Morgan fingerprint density at radius 3 is 2.31 bits per heavy atom. The molecular formula is C43H49N7O2.